The predicted octanol–water partition coefficient (Wildman–Crippen LogP) is 4.07. The fourth-order valence-corrected chi connectivity index (χ4v) is 3.61. The summed E-state index contributed by atoms with van der Waals surface area (Å²) in [6, 6.07) is 0. The first-order valence-electron chi connectivity index (χ1n) is 8.41. The van der Waals surface area contributed by atoms with Gasteiger partial charge in [-0.05, 0) is 35.7 Å². The van der Waals surface area contributed by atoms with Gasteiger partial charge in [0.05, 0.1) is 27.4 Å². The Bertz CT molecular complexity index is 859. The Labute approximate surface area is 167 Å². The second-order valence-electron chi connectivity index (χ2n) is 6.51. The lowest BCUT2D eigenvalue weighted by molar-refractivity contribution is -0.142. The molecule has 11 heteroatoms. The molecule has 27 heavy (non-hydrogen) atoms. The number of carbonyl (C=O) groups is 1. The molecule has 2 aromatic heterocycles. The van der Waals surface area contributed by atoms with Crippen LogP contribution in [0.25, 0.3) is 0 Å². The number of nitrogens with zero attached hydrogens (tertiary/aromatic N) is 5. The number of aryl methyl sites for hydroxylation is 1. The molecule has 0 bridgehead atoms. The summed E-state index contributed by atoms with van der Waals surface area (Å²) in [5, 5.41) is 7.54. The Morgan fingerprint density at radius 2 is 2.07 bits per heavy atom. The van der Waals surface area contributed by atoms with E-state index in [1.54, 1.807) is 11.7 Å². The molecule has 148 valence electrons. The topological polar surface area (TPSA) is 56.0 Å². The molecule has 0 radical (unpaired) electrons. The molecular weight excluding hydrogens is 451 g/mol. The minimum absolute atomic E-state index is 0.0754. The number of alkyl halides is 3. The number of rotatable bonds is 6. The van der Waals surface area contributed by atoms with Gasteiger partial charge in [-0.25, -0.2) is 0 Å². The zero-order valence-corrected chi connectivity index (χ0v) is 17.1. The van der Waals surface area contributed by atoms with Gasteiger partial charge < -0.3 is 4.90 Å². The van der Waals surface area contributed by atoms with E-state index in [1.807, 2.05) is 13.1 Å². The van der Waals surface area contributed by atoms with Crippen molar-refractivity contribution in [3.63, 3.8) is 0 Å². The van der Waals surface area contributed by atoms with Crippen molar-refractivity contribution in [2.75, 3.05) is 7.05 Å². The SMILES string of the molecule is CCn1cc(Br)c(CN(C)C(=O)Cn2nc(C(F)(F)F)c(Cl)c2C2CC2)n1. The highest BCUT2D eigenvalue weighted by molar-refractivity contribution is 9.10. The molecule has 1 fully saturated rings. The summed E-state index contributed by atoms with van der Waals surface area (Å²) in [6.45, 7) is 2.56. The minimum atomic E-state index is -4.65. The van der Waals surface area contributed by atoms with Crippen LogP contribution in [0, 0.1) is 0 Å². The van der Waals surface area contributed by atoms with Gasteiger partial charge in [0, 0.05) is 25.7 Å². The van der Waals surface area contributed by atoms with Gasteiger partial charge in [0.25, 0.3) is 0 Å². The average Bonchev–Trinajstić information content (AvgIpc) is 3.27. The Morgan fingerprint density at radius 3 is 2.59 bits per heavy atom. The van der Waals surface area contributed by atoms with Crippen molar-refractivity contribution in [2.24, 2.45) is 0 Å². The Kier molecular flexibility index (Phi) is 5.58. The molecule has 0 saturated heterocycles. The number of likely N-dealkylation sites (N-methyl/N-ethyl adjacent to an activating group) is 1. The first-order valence-corrected chi connectivity index (χ1v) is 9.58. The maximum absolute atomic E-state index is 13.1. The molecule has 1 saturated carbocycles. The van der Waals surface area contributed by atoms with E-state index in [0.717, 1.165) is 22.0 Å². The van der Waals surface area contributed by atoms with Crippen molar-refractivity contribution in [3.8, 4) is 0 Å². The molecular formula is C16H18BrClF3N5O. The highest BCUT2D eigenvalue weighted by atomic mass is 79.9. The van der Waals surface area contributed by atoms with Crippen molar-refractivity contribution >= 4 is 33.4 Å². The summed E-state index contributed by atoms with van der Waals surface area (Å²) in [6.07, 6.45) is -1.36. The lowest BCUT2D eigenvalue weighted by atomic mass is 10.2. The minimum Gasteiger partial charge on any atom is -0.338 e. The molecule has 0 aromatic carbocycles. The van der Waals surface area contributed by atoms with Crippen molar-refractivity contribution in [1.82, 2.24) is 24.5 Å². The predicted molar refractivity (Wildman–Crippen MR) is 96.3 cm³/mol. The molecule has 0 aliphatic heterocycles. The van der Waals surface area contributed by atoms with Crippen LogP contribution in [0.5, 0.6) is 0 Å². The number of amides is 1. The summed E-state index contributed by atoms with van der Waals surface area (Å²) in [7, 11) is 1.58. The van der Waals surface area contributed by atoms with Crippen LogP contribution in [0.4, 0.5) is 13.2 Å². The van der Waals surface area contributed by atoms with E-state index < -0.39 is 16.9 Å². The van der Waals surface area contributed by atoms with E-state index in [9.17, 15) is 18.0 Å². The molecule has 0 N–H and O–H groups in total. The van der Waals surface area contributed by atoms with Crippen molar-refractivity contribution in [2.45, 2.75) is 51.5 Å². The quantitative estimate of drug-likeness (QED) is 0.642. The van der Waals surface area contributed by atoms with Crippen LogP contribution in [0.15, 0.2) is 10.7 Å². The first-order chi connectivity index (χ1) is 12.6. The van der Waals surface area contributed by atoms with Gasteiger partial charge in [-0.1, -0.05) is 11.6 Å². The molecule has 3 rings (SSSR count). The monoisotopic (exact) mass is 467 g/mol. The van der Waals surface area contributed by atoms with E-state index in [-0.39, 0.29) is 24.9 Å². The van der Waals surface area contributed by atoms with Gasteiger partial charge in [-0.15, -0.1) is 0 Å². The van der Waals surface area contributed by atoms with Crippen LogP contribution < -0.4 is 0 Å². The Morgan fingerprint density at radius 1 is 1.41 bits per heavy atom. The molecule has 0 atom stereocenters. The lowest BCUT2D eigenvalue weighted by Gasteiger charge is -2.17. The van der Waals surface area contributed by atoms with Gasteiger partial charge in [-0.2, -0.15) is 23.4 Å². The third-order valence-electron chi connectivity index (χ3n) is 4.37. The zero-order valence-electron chi connectivity index (χ0n) is 14.7. The summed E-state index contributed by atoms with van der Waals surface area (Å²) in [5.41, 5.74) is -0.169. The molecule has 2 aromatic rings. The van der Waals surface area contributed by atoms with Gasteiger partial charge in [0.15, 0.2) is 5.69 Å². The second kappa shape index (κ2) is 7.46. The highest BCUT2D eigenvalue weighted by Gasteiger charge is 2.42. The summed E-state index contributed by atoms with van der Waals surface area (Å²) in [5.74, 6) is -0.448. The fourth-order valence-electron chi connectivity index (χ4n) is 2.77. The van der Waals surface area contributed by atoms with Crippen LogP contribution in [0.3, 0.4) is 0 Å². The van der Waals surface area contributed by atoms with Crippen LogP contribution in [-0.2, 0) is 30.6 Å². The molecule has 1 amide bonds. The summed E-state index contributed by atoms with van der Waals surface area (Å²) < 4.78 is 42.9. The lowest BCUT2D eigenvalue weighted by Crippen LogP contribution is -2.31. The number of hydrogen-bond acceptors (Lipinski definition) is 3. The number of hydrogen-bond donors (Lipinski definition) is 0. The third-order valence-corrected chi connectivity index (χ3v) is 5.41. The maximum atomic E-state index is 13.1. The fraction of sp³-hybridized carbons (Fsp3) is 0.562. The Balaban J connectivity index is 1.78. The number of aromatic nitrogens is 4. The van der Waals surface area contributed by atoms with E-state index in [1.165, 1.54) is 4.90 Å². The molecule has 0 spiro atoms. The van der Waals surface area contributed by atoms with Gasteiger partial charge in [-0.3, -0.25) is 14.2 Å². The van der Waals surface area contributed by atoms with Crippen molar-refractivity contribution < 1.29 is 18.0 Å². The molecule has 1 aliphatic rings. The largest absolute Gasteiger partial charge is 0.436 e. The van der Waals surface area contributed by atoms with E-state index in [0.29, 0.717) is 17.9 Å². The summed E-state index contributed by atoms with van der Waals surface area (Å²) >= 11 is 9.33. The highest BCUT2D eigenvalue weighted by Crippen LogP contribution is 2.46. The van der Waals surface area contributed by atoms with Crippen LogP contribution in [-0.4, -0.2) is 37.4 Å². The summed E-state index contributed by atoms with van der Waals surface area (Å²) in [4.78, 5) is 14.0. The van der Waals surface area contributed by atoms with Crippen LogP contribution >= 0.6 is 27.5 Å². The van der Waals surface area contributed by atoms with Gasteiger partial charge in [0.1, 0.15) is 6.54 Å². The van der Waals surface area contributed by atoms with Crippen LogP contribution in [0.2, 0.25) is 5.02 Å². The van der Waals surface area contributed by atoms with E-state index in [2.05, 4.69) is 26.1 Å². The first kappa shape index (κ1) is 20.2. The number of halogens is 5. The standard InChI is InChI=1S/C16H18BrClF3N5O/c1-3-25-6-10(17)11(22-25)7-24(2)12(27)8-26-14(9-4-5-9)13(18)15(23-26)16(19,20)21/h6,9H,3-5,7-8H2,1-2H3. The van der Waals surface area contributed by atoms with Crippen molar-refractivity contribution in [1.29, 1.82) is 0 Å². The van der Waals surface area contributed by atoms with Crippen LogP contribution in [0.1, 0.15) is 42.8 Å². The van der Waals surface area contributed by atoms with Gasteiger partial charge in [0.2, 0.25) is 5.91 Å². The smallest absolute Gasteiger partial charge is 0.338 e. The zero-order chi connectivity index (χ0) is 19.9. The number of carbonyl (C=O) groups excluding carboxylic acids is 1. The molecule has 6 nitrogen and oxygen atoms in total. The normalized spacial score (nSPS) is 14.6. The van der Waals surface area contributed by atoms with Gasteiger partial charge >= 0.3 is 6.18 Å². The average molecular weight is 469 g/mol. The second-order valence-corrected chi connectivity index (χ2v) is 7.74. The molecule has 1 aliphatic carbocycles. The molecule has 0 unspecified atom stereocenters. The van der Waals surface area contributed by atoms with E-state index >= 15 is 0 Å². The van der Waals surface area contributed by atoms with Crippen molar-refractivity contribution in [3.05, 3.63) is 32.8 Å². The van der Waals surface area contributed by atoms with E-state index in [4.69, 9.17) is 11.6 Å². The third kappa shape index (κ3) is 4.31. The Hall–Kier alpha value is -1.55. The molecule has 2 heterocycles. The maximum Gasteiger partial charge on any atom is 0.436 e.